The van der Waals surface area contributed by atoms with Gasteiger partial charge in [-0.25, -0.2) is 0 Å². The number of hydrogen-bond donors (Lipinski definition) is 1. The van der Waals surface area contributed by atoms with Gasteiger partial charge in [0, 0.05) is 17.5 Å². The van der Waals surface area contributed by atoms with E-state index in [1.165, 1.54) is 11.1 Å². The molecule has 0 fully saturated rings. The highest BCUT2D eigenvalue weighted by Gasteiger charge is 2.06. The van der Waals surface area contributed by atoms with Crippen molar-refractivity contribution in [3.8, 4) is 11.3 Å². The molecule has 20 heavy (non-hydrogen) atoms. The summed E-state index contributed by atoms with van der Waals surface area (Å²) in [5.74, 6) is 0.934. The lowest BCUT2D eigenvalue weighted by Gasteiger charge is -2.03. The summed E-state index contributed by atoms with van der Waals surface area (Å²) >= 11 is 0. The van der Waals surface area contributed by atoms with Gasteiger partial charge in [0.25, 0.3) is 0 Å². The van der Waals surface area contributed by atoms with Crippen molar-refractivity contribution >= 4 is 11.0 Å². The Morgan fingerprint density at radius 3 is 2.80 bits per heavy atom. The second-order valence-corrected chi connectivity index (χ2v) is 5.13. The maximum atomic E-state index is 5.95. The van der Waals surface area contributed by atoms with Crippen LogP contribution >= 0.6 is 0 Å². The molecule has 0 aliphatic rings. The number of hydrogen-bond acceptors (Lipinski definition) is 2. The van der Waals surface area contributed by atoms with E-state index in [1.807, 2.05) is 6.07 Å². The van der Waals surface area contributed by atoms with Gasteiger partial charge >= 0.3 is 0 Å². The van der Waals surface area contributed by atoms with Crippen LogP contribution in [0.2, 0.25) is 0 Å². The minimum atomic E-state index is 0.893. The first kappa shape index (κ1) is 12.9. The molecule has 2 heteroatoms. The minimum absolute atomic E-state index is 0.893. The molecule has 2 aromatic carbocycles. The van der Waals surface area contributed by atoms with Crippen LogP contribution < -0.4 is 5.32 Å². The molecule has 0 amide bonds. The van der Waals surface area contributed by atoms with Crippen molar-refractivity contribution in [1.29, 1.82) is 0 Å². The first-order valence-electron chi connectivity index (χ1n) is 7.06. The predicted octanol–water partition coefficient (Wildman–Crippen LogP) is 4.52. The zero-order valence-electron chi connectivity index (χ0n) is 11.9. The molecule has 2 nitrogen and oxygen atoms in total. The maximum absolute atomic E-state index is 5.95. The number of benzene rings is 2. The number of rotatable bonds is 4. The summed E-state index contributed by atoms with van der Waals surface area (Å²) in [6.45, 7) is 6.09. The first-order valence-corrected chi connectivity index (χ1v) is 7.06. The van der Waals surface area contributed by atoms with E-state index in [0.29, 0.717) is 0 Å². The molecule has 0 radical (unpaired) electrons. The highest BCUT2D eigenvalue weighted by Crippen LogP contribution is 2.28. The normalized spacial score (nSPS) is 11.1. The Morgan fingerprint density at radius 1 is 1.05 bits per heavy atom. The first-order chi connectivity index (χ1) is 9.76. The molecule has 0 spiro atoms. The SMILES string of the molecule is CCNCc1cccc(-c2cc3cc(C)ccc3o2)c1. The molecule has 0 atom stereocenters. The average Bonchev–Trinajstić information content (AvgIpc) is 2.88. The Kier molecular flexibility index (Phi) is 3.57. The van der Waals surface area contributed by atoms with Crippen molar-refractivity contribution in [3.05, 3.63) is 59.7 Å². The van der Waals surface area contributed by atoms with Gasteiger partial charge in [0.2, 0.25) is 0 Å². The molecule has 1 N–H and O–H groups in total. The fourth-order valence-corrected chi connectivity index (χ4v) is 2.41. The summed E-state index contributed by atoms with van der Waals surface area (Å²) in [4.78, 5) is 0. The van der Waals surface area contributed by atoms with Crippen LogP contribution in [-0.2, 0) is 6.54 Å². The van der Waals surface area contributed by atoms with Crippen LogP contribution in [0, 0.1) is 6.92 Å². The molecule has 3 aromatic rings. The standard InChI is InChI=1S/C18H19NO/c1-3-19-12-14-5-4-6-15(10-14)18-11-16-9-13(2)7-8-17(16)20-18/h4-11,19H,3,12H2,1-2H3. The lowest BCUT2D eigenvalue weighted by molar-refractivity contribution is 0.631. The van der Waals surface area contributed by atoms with Crippen molar-refractivity contribution in [2.75, 3.05) is 6.54 Å². The second kappa shape index (κ2) is 5.51. The Bertz CT molecular complexity index is 727. The lowest BCUT2D eigenvalue weighted by atomic mass is 10.1. The van der Waals surface area contributed by atoms with E-state index >= 15 is 0 Å². The monoisotopic (exact) mass is 265 g/mol. The summed E-state index contributed by atoms with van der Waals surface area (Å²) in [6, 6.07) is 16.9. The highest BCUT2D eigenvalue weighted by atomic mass is 16.3. The molecular weight excluding hydrogens is 246 g/mol. The smallest absolute Gasteiger partial charge is 0.135 e. The van der Waals surface area contributed by atoms with Crippen molar-refractivity contribution in [1.82, 2.24) is 5.32 Å². The van der Waals surface area contributed by atoms with E-state index in [2.05, 4.69) is 61.6 Å². The molecule has 0 unspecified atom stereocenters. The van der Waals surface area contributed by atoms with Crippen molar-refractivity contribution in [2.45, 2.75) is 20.4 Å². The van der Waals surface area contributed by atoms with Gasteiger partial charge < -0.3 is 9.73 Å². The van der Waals surface area contributed by atoms with Gasteiger partial charge in [-0.05, 0) is 43.3 Å². The van der Waals surface area contributed by atoms with Crippen LogP contribution in [0.5, 0.6) is 0 Å². The average molecular weight is 265 g/mol. The van der Waals surface area contributed by atoms with E-state index in [1.54, 1.807) is 0 Å². The molecule has 102 valence electrons. The van der Waals surface area contributed by atoms with E-state index < -0.39 is 0 Å². The Hall–Kier alpha value is -2.06. The van der Waals surface area contributed by atoms with Crippen LogP contribution in [0.25, 0.3) is 22.3 Å². The van der Waals surface area contributed by atoms with Crippen LogP contribution in [0.1, 0.15) is 18.1 Å². The van der Waals surface area contributed by atoms with Gasteiger partial charge in [-0.15, -0.1) is 0 Å². The summed E-state index contributed by atoms with van der Waals surface area (Å²) in [6.07, 6.45) is 0. The van der Waals surface area contributed by atoms with Crippen LogP contribution in [0.15, 0.2) is 52.9 Å². The van der Waals surface area contributed by atoms with Gasteiger partial charge in [-0.1, -0.05) is 36.8 Å². The number of fused-ring (bicyclic) bond motifs is 1. The molecular formula is C18H19NO. The second-order valence-electron chi connectivity index (χ2n) is 5.13. The maximum Gasteiger partial charge on any atom is 0.135 e. The Labute approximate surface area is 119 Å². The molecule has 0 saturated carbocycles. The molecule has 0 saturated heterocycles. The largest absolute Gasteiger partial charge is 0.456 e. The zero-order valence-corrected chi connectivity index (χ0v) is 11.9. The predicted molar refractivity (Wildman–Crippen MR) is 83.8 cm³/mol. The van der Waals surface area contributed by atoms with Crippen molar-refractivity contribution < 1.29 is 4.42 Å². The zero-order chi connectivity index (χ0) is 13.9. The van der Waals surface area contributed by atoms with E-state index in [-0.39, 0.29) is 0 Å². The van der Waals surface area contributed by atoms with Gasteiger partial charge in [0.1, 0.15) is 11.3 Å². The third-order valence-electron chi connectivity index (χ3n) is 3.46. The number of furan rings is 1. The quantitative estimate of drug-likeness (QED) is 0.750. The topological polar surface area (TPSA) is 25.2 Å². The lowest BCUT2D eigenvalue weighted by Crippen LogP contribution is -2.11. The summed E-state index contributed by atoms with van der Waals surface area (Å²) in [7, 11) is 0. The van der Waals surface area contributed by atoms with Crippen LogP contribution in [0.3, 0.4) is 0 Å². The van der Waals surface area contributed by atoms with E-state index in [0.717, 1.165) is 35.4 Å². The Balaban J connectivity index is 1.97. The molecule has 3 rings (SSSR count). The molecule has 0 aliphatic carbocycles. The highest BCUT2D eigenvalue weighted by molar-refractivity contribution is 5.83. The molecule has 1 aromatic heterocycles. The summed E-state index contributed by atoms with van der Waals surface area (Å²) < 4.78 is 5.95. The van der Waals surface area contributed by atoms with Gasteiger partial charge in [-0.3, -0.25) is 0 Å². The molecule has 0 bridgehead atoms. The third kappa shape index (κ3) is 2.61. The van der Waals surface area contributed by atoms with Gasteiger partial charge in [0.05, 0.1) is 0 Å². The van der Waals surface area contributed by atoms with E-state index in [9.17, 15) is 0 Å². The van der Waals surface area contributed by atoms with Gasteiger partial charge in [-0.2, -0.15) is 0 Å². The molecule has 0 aliphatic heterocycles. The Morgan fingerprint density at radius 2 is 1.95 bits per heavy atom. The molecule has 1 heterocycles. The fourth-order valence-electron chi connectivity index (χ4n) is 2.41. The summed E-state index contributed by atoms with van der Waals surface area (Å²) in [5.41, 5.74) is 4.61. The fraction of sp³-hybridized carbons (Fsp3) is 0.222. The van der Waals surface area contributed by atoms with Crippen LogP contribution in [-0.4, -0.2) is 6.54 Å². The van der Waals surface area contributed by atoms with Gasteiger partial charge in [0.15, 0.2) is 0 Å². The van der Waals surface area contributed by atoms with Crippen molar-refractivity contribution in [3.63, 3.8) is 0 Å². The van der Waals surface area contributed by atoms with Crippen molar-refractivity contribution in [2.24, 2.45) is 0 Å². The number of nitrogens with one attached hydrogen (secondary N) is 1. The van der Waals surface area contributed by atoms with E-state index in [4.69, 9.17) is 4.42 Å². The number of aryl methyl sites for hydroxylation is 1. The minimum Gasteiger partial charge on any atom is -0.456 e. The summed E-state index contributed by atoms with van der Waals surface area (Å²) in [5, 5.41) is 4.51. The van der Waals surface area contributed by atoms with Crippen LogP contribution in [0.4, 0.5) is 0 Å². The third-order valence-corrected chi connectivity index (χ3v) is 3.46.